The minimum absolute atomic E-state index is 0.0860. The van der Waals surface area contributed by atoms with Crippen LogP contribution in [0.25, 0.3) is 0 Å². The number of carbonyl (C=O) groups is 3. The Morgan fingerprint density at radius 2 is 2.06 bits per heavy atom. The maximum atomic E-state index is 11.9. The molecule has 0 radical (unpaired) electrons. The fourth-order valence-corrected chi connectivity index (χ4v) is 2.40. The molecule has 7 heteroatoms. The maximum absolute atomic E-state index is 11.9. The summed E-state index contributed by atoms with van der Waals surface area (Å²) >= 11 is 0. The van der Waals surface area contributed by atoms with E-state index >= 15 is 0 Å². The van der Waals surface area contributed by atoms with E-state index in [2.05, 4.69) is 10.6 Å². The minimum atomic E-state index is -0.829. The van der Waals surface area contributed by atoms with Crippen molar-refractivity contribution in [3.05, 3.63) is 0 Å². The van der Waals surface area contributed by atoms with E-state index < -0.39 is 17.6 Å². The number of nitrogens with zero attached hydrogens (tertiary/aromatic N) is 1. The molecule has 100 valence electrons. The van der Waals surface area contributed by atoms with E-state index in [1.165, 1.54) is 0 Å². The summed E-state index contributed by atoms with van der Waals surface area (Å²) in [5.74, 6) is -0.378. The summed E-state index contributed by atoms with van der Waals surface area (Å²) in [7, 11) is 0. The molecule has 0 aromatic rings. The highest BCUT2D eigenvalue weighted by atomic mass is 16.2. The van der Waals surface area contributed by atoms with Crippen LogP contribution in [0.15, 0.2) is 0 Å². The molecule has 0 bridgehead atoms. The Morgan fingerprint density at radius 1 is 1.44 bits per heavy atom. The average molecular weight is 254 g/mol. The summed E-state index contributed by atoms with van der Waals surface area (Å²) in [6.07, 6.45) is 1.47. The van der Waals surface area contributed by atoms with Crippen molar-refractivity contribution in [3.8, 4) is 0 Å². The smallest absolute Gasteiger partial charge is 0.322 e. The van der Waals surface area contributed by atoms with Gasteiger partial charge in [-0.2, -0.15) is 0 Å². The third-order valence-corrected chi connectivity index (χ3v) is 3.70. The molecule has 2 saturated heterocycles. The van der Waals surface area contributed by atoms with Gasteiger partial charge in [-0.25, -0.2) is 4.79 Å². The lowest BCUT2D eigenvalue weighted by Gasteiger charge is -2.37. The second-order valence-corrected chi connectivity index (χ2v) is 4.83. The Balaban J connectivity index is 1.98. The van der Waals surface area contributed by atoms with Gasteiger partial charge in [0, 0.05) is 13.1 Å². The van der Waals surface area contributed by atoms with Crippen LogP contribution < -0.4 is 16.4 Å². The fourth-order valence-electron chi connectivity index (χ4n) is 2.40. The Hall–Kier alpha value is -1.63. The van der Waals surface area contributed by atoms with Crippen LogP contribution in [0, 0.1) is 0 Å². The molecule has 2 aliphatic heterocycles. The lowest BCUT2D eigenvalue weighted by Crippen LogP contribution is -2.57. The molecule has 2 aliphatic rings. The van der Waals surface area contributed by atoms with Gasteiger partial charge in [0.05, 0.1) is 6.04 Å². The van der Waals surface area contributed by atoms with Crippen LogP contribution in [0.1, 0.15) is 26.2 Å². The standard InChI is InChI=1S/C11H18N4O3/c1-2-7(12)8(16)15-5-3-11(4-6-15)9(17)13-10(18)14-11/h7H,2-6,12H2,1H3,(H2,13,14,17,18)/t7-/m0/s1. The largest absolute Gasteiger partial charge is 0.341 e. The molecule has 2 heterocycles. The van der Waals surface area contributed by atoms with E-state index in [0.717, 1.165) is 0 Å². The van der Waals surface area contributed by atoms with Crippen molar-refractivity contribution in [2.24, 2.45) is 5.73 Å². The highest BCUT2D eigenvalue weighted by Gasteiger charge is 2.48. The van der Waals surface area contributed by atoms with E-state index in [0.29, 0.717) is 32.4 Å². The number of nitrogens with two attached hydrogens (primary N) is 1. The number of carbonyl (C=O) groups excluding carboxylic acids is 3. The summed E-state index contributed by atoms with van der Waals surface area (Å²) in [6.45, 7) is 2.75. The van der Waals surface area contributed by atoms with Gasteiger partial charge in [-0.05, 0) is 19.3 Å². The van der Waals surface area contributed by atoms with Crippen molar-refractivity contribution in [2.75, 3.05) is 13.1 Å². The number of piperidine rings is 1. The molecule has 1 spiro atoms. The van der Waals surface area contributed by atoms with Gasteiger partial charge in [0.1, 0.15) is 5.54 Å². The summed E-state index contributed by atoms with van der Waals surface area (Å²) in [5.41, 5.74) is 4.87. The summed E-state index contributed by atoms with van der Waals surface area (Å²) < 4.78 is 0. The first kappa shape index (κ1) is 12.8. The van der Waals surface area contributed by atoms with Gasteiger partial charge >= 0.3 is 6.03 Å². The predicted octanol–water partition coefficient (Wildman–Crippen LogP) is -1.08. The van der Waals surface area contributed by atoms with Crippen molar-refractivity contribution >= 4 is 17.8 Å². The zero-order valence-electron chi connectivity index (χ0n) is 10.4. The van der Waals surface area contributed by atoms with Crippen LogP contribution >= 0.6 is 0 Å². The molecule has 0 aliphatic carbocycles. The second kappa shape index (κ2) is 4.56. The molecule has 4 amide bonds. The van der Waals surface area contributed by atoms with Gasteiger partial charge in [-0.3, -0.25) is 14.9 Å². The monoisotopic (exact) mass is 254 g/mol. The van der Waals surface area contributed by atoms with Crippen LogP contribution in [0.4, 0.5) is 4.79 Å². The lowest BCUT2D eigenvalue weighted by molar-refractivity contribution is -0.136. The van der Waals surface area contributed by atoms with Crippen LogP contribution in [0.5, 0.6) is 0 Å². The van der Waals surface area contributed by atoms with Crippen LogP contribution in [-0.2, 0) is 9.59 Å². The second-order valence-electron chi connectivity index (χ2n) is 4.83. The zero-order valence-corrected chi connectivity index (χ0v) is 10.4. The summed E-state index contributed by atoms with van der Waals surface area (Å²) in [6, 6.07) is -0.934. The summed E-state index contributed by atoms with van der Waals surface area (Å²) in [5, 5.41) is 4.89. The van der Waals surface area contributed by atoms with E-state index in [1.807, 2.05) is 6.92 Å². The number of hydrogen-bond donors (Lipinski definition) is 3. The number of amides is 4. The quantitative estimate of drug-likeness (QED) is 0.545. The van der Waals surface area contributed by atoms with Crippen LogP contribution in [0.3, 0.4) is 0 Å². The minimum Gasteiger partial charge on any atom is -0.341 e. The highest BCUT2D eigenvalue weighted by molar-refractivity contribution is 6.07. The molecule has 2 rings (SSSR count). The average Bonchev–Trinajstić information content (AvgIpc) is 2.63. The van der Waals surface area contributed by atoms with E-state index in [9.17, 15) is 14.4 Å². The van der Waals surface area contributed by atoms with Crippen molar-refractivity contribution in [2.45, 2.75) is 37.8 Å². The molecule has 0 aromatic carbocycles. The first-order chi connectivity index (χ1) is 8.48. The fraction of sp³-hybridized carbons (Fsp3) is 0.727. The van der Waals surface area contributed by atoms with E-state index in [-0.39, 0.29) is 11.8 Å². The molecule has 0 saturated carbocycles. The maximum Gasteiger partial charge on any atom is 0.322 e. The van der Waals surface area contributed by atoms with Gasteiger partial charge in [0.25, 0.3) is 5.91 Å². The van der Waals surface area contributed by atoms with Crippen molar-refractivity contribution in [1.29, 1.82) is 0 Å². The van der Waals surface area contributed by atoms with Crippen molar-refractivity contribution < 1.29 is 14.4 Å². The summed E-state index contributed by atoms with van der Waals surface area (Å²) in [4.78, 5) is 36.4. The molecular formula is C11H18N4O3. The van der Waals surface area contributed by atoms with Gasteiger partial charge in [-0.15, -0.1) is 0 Å². The van der Waals surface area contributed by atoms with Crippen molar-refractivity contribution in [3.63, 3.8) is 0 Å². The Morgan fingerprint density at radius 3 is 2.50 bits per heavy atom. The molecule has 7 nitrogen and oxygen atoms in total. The molecule has 4 N–H and O–H groups in total. The predicted molar refractivity (Wildman–Crippen MR) is 63.5 cm³/mol. The third-order valence-electron chi connectivity index (χ3n) is 3.70. The van der Waals surface area contributed by atoms with Gasteiger partial charge in [0.15, 0.2) is 0 Å². The number of hydrogen-bond acceptors (Lipinski definition) is 4. The van der Waals surface area contributed by atoms with Gasteiger partial charge in [0.2, 0.25) is 5.91 Å². The first-order valence-electron chi connectivity index (χ1n) is 6.16. The number of rotatable bonds is 2. The Labute approximate surface area is 105 Å². The molecule has 0 unspecified atom stereocenters. The third kappa shape index (κ3) is 2.05. The lowest BCUT2D eigenvalue weighted by atomic mass is 9.87. The van der Waals surface area contributed by atoms with Gasteiger partial charge in [-0.1, -0.05) is 6.92 Å². The van der Waals surface area contributed by atoms with Crippen LogP contribution in [-0.4, -0.2) is 47.4 Å². The van der Waals surface area contributed by atoms with Crippen molar-refractivity contribution in [1.82, 2.24) is 15.5 Å². The van der Waals surface area contributed by atoms with Gasteiger partial charge < -0.3 is 16.0 Å². The molecule has 2 fully saturated rings. The number of likely N-dealkylation sites (tertiary alicyclic amines) is 1. The molecule has 18 heavy (non-hydrogen) atoms. The highest BCUT2D eigenvalue weighted by Crippen LogP contribution is 2.25. The Kier molecular flexibility index (Phi) is 3.25. The zero-order chi connectivity index (χ0) is 13.3. The Bertz CT molecular complexity index is 388. The molecule has 0 aromatic heterocycles. The number of imide groups is 1. The van der Waals surface area contributed by atoms with E-state index in [4.69, 9.17) is 5.73 Å². The topological polar surface area (TPSA) is 105 Å². The molecular weight excluding hydrogens is 236 g/mol. The molecule has 1 atom stereocenters. The SMILES string of the molecule is CC[C@H](N)C(=O)N1CCC2(CC1)NC(=O)NC2=O. The van der Waals surface area contributed by atoms with Crippen LogP contribution in [0.2, 0.25) is 0 Å². The first-order valence-corrected chi connectivity index (χ1v) is 6.16. The van der Waals surface area contributed by atoms with E-state index in [1.54, 1.807) is 4.90 Å². The normalized spacial score (nSPS) is 23.8. The number of urea groups is 1. The number of nitrogens with one attached hydrogen (secondary N) is 2.